The Bertz CT molecular complexity index is 640. The predicted molar refractivity (Wildman–Crippen MR) is 104 cm³/mol. The molecule has 5 nitrogen and oxygen atoms in total. The highest BCUT2D eigenvalue weighted by molar-refractivity contribution is 8.77. The van der Waals surface area contributed by atoms with Gasteiger partial charge < -0.3 is 5.32 Å². The largest absolute Gasteiger partial charge is 0.352 e. The van der Waals surface area contributed by atoms with Crippen LogP contribution >= 0.6 is 21.6 Å². The molecular formula is C18H24N4OS2. The van der Waals surface area contributed by atoms with Crippen LogP contribution in [-0.4, -0.2) is 31.7 Å². The van der Waals surface area contributed by atoms with Gasteiger partial charge in [0.15, 0.2) is 0 Å². The van der Waals surface area contributed by atoms with E-state index in [-0.39, 0.29) is 5.91 Å². The lowest BCUT2D eigenvalue weighted by atomic mass is 10.1. The van der Waals surface area contributed by atoms with Gasteiger partial charge in [-0.05, 0) is 30.4 Å². The first-order valence-corrected chi connectivity index (χ1v) is 11.1. The van der Waals surface area contributed by atoms with E-state index in [1.807, 2.05) is 21.6 Å². The number of carbonyl (C=O) groups is 1. The average Bonchev–Trinajstić information content (AvgIpc) is 3.32. The molecule has 7 heteroatoms. The van der Waals surface area contributed by atoms with Gasteiger partial charge in [-0.1, -0.05) is 52.3 Å². The summed E-state index contributed by atoms with van der Waals surface area (Å²) in [5, 5.41) is 7.93. The highest BCUT2D eigenvalue weighted by atomic mass is 33.1. The number of rotatable bonds is 9. The van der Waals surface area contributed by atoms with Crippen molar-refractivity contribution >= 4 is 27.5 Å². The number of nitrogens with one attached hydrogen (secondary N) is 1. The summed E-state index contributed by atoms with van der Waals surface area (Å²) in [4.78, 5) is 15.9. The van der Waals surface area contributed by atoms with Crippen LogP contribution in [0.1, 0.15) is 43.2 Å². The molecule has 0 bridgehead atoms. The van der Waals surface area contributed by atoms with E-state index in [4.69, 9.17) is 0 Å². The molecule has 1 fully saturated rings. The summed E-state index contributed by atoms with van der Waals surface area (Å²) < 4.78 is 1.79. The minimum absolute atomic E-state index is 0.153. The van der Waals surface area contributed by atoms with Crippen molar-refractivity contribution in [2.24, 2.45) is 0 Å². The second kappa shape index (κ2) is 9.87. The number of hydrogen-bond donors (Lipinski definition) is 1. The van der Waals surface area contributed by atoms with E-state index in [0.29, 0.717) is 19.5 Å². The SMILES string of the molecule is O=C(CCCC[C@H]1CCSS1)NCc1ccc(Cn2cncn2)cc1. The van der Waals surface area contributed by atoms with E-state index in [1.165, 1.54) is 30.5 Å². The maximum Gasteiger partial charge on any atom is 0.220 e. The van der Waals surface area contributed by atoms with Crippen LogP contribution in [0.4, 0.5) is 0 Å². The molecule has 1 aromatic carbocycles. The van der Waals surface area contributed by atoms with Crippen LogP contribution in [-0.2, 0) is 17.9 Å². The summed E-state index contributed by atoms with van der Waals surface area (Å²) >= 11 is 0. The third-order valence-corrected chi connectivity index (χ3v) is 7.24. The van der Waals surface area contributed by atoms with E-state index in [1.54, 1.807) is 11.0 Å². The fraction of sp³-hybridized carbons (Fsp3) is 0.500. The van der Waals surface area contributed by atoms with Gasteiger partial charge in [0.1, 0.15) is 12.7 Å². The van der Waals surface area contributed by atoms with Gasteiger partial charge in [0.05, 0.1) is 6.54 Å². The van der Waals surface area contributed by atoms with Crippen molar-refractivity contribution in [2.75, 3.05) is 5.75 Å². The van der Waals surface area contributed by atoms with E-state index >= 15 is 0 Å². The molecular weight excluding hydrogens is 352 g/mol. The lowest BCUT2D eigenvalue weighted by Gasteiger charge is -2.08. The number of aromatic nitrogens is 3. The monoisotopic (exact) mass is 376 g/mol. The molecule has 0 aliphatic carbocycles. The third-order valence-electron chi connectivity index (χ3n) is 4.23. The van der Waals surface area contributed by atoms with Gasteiger partial charge in [-0.25, -0.2) is 9.67 Å². The Kier molecular flexibility index (Phi) is 7.23. The molecule has 0 saturated carbocycles. The molecule has 0 radical (unpaired) electrons. The first kappa shape index (κ1) is 18.3. The second-order valence-corrected chi connectivity index (χ2v) is 9.05. The Balaban J connectivity index is 1.31. The van der Waals surface area contributed by atoms with Gasteiger partial charge >= 0.3 is 0 Å². The molecule has 1 atom stereocenters. The fourth-order valence-electron chi connectivity index (χ4n) is 2.78. The maximum absolute atomic E-state index is 12.0. The van der Waals surface area contributed by atoms with Crippen molar-refractivity contribution in [3.63, 3.8) is 0 Å². The van der Waals surface area contributed by atoms with Crippen molar-refractivity contribution in [1.82, 2.24) is 20.1 Å². The fourth-order valence-corrected chi connectivity index (χ4v) is 5.80. The van der Waals surface area contributed by atoms with Crippen molar-refractivity contribution in [3.05, 3.63) is 48.0 Å². The minimum atomic E-state index is 0.153. The zero-order valence-corrected chi connectivity index (χ0v) is 15.9. The van der Waals surface area contributed by atoms with Gasteiger partial charge in [0.2, 0.25) is 5.91 Å². The number of carbonyl (C=O) groups excluding carboxylic acids is 1. The Morgan fingerprint density at radius 1 is 1.24 bits per heavy atom. The quantitative estimate of drug-likeness (QED) is 0.535. The van der Waals surface area contributed by atoms with Crippen LogP contribution in [0.5, 0.6) is 0 Å². The van der Waals surface area contributed by atoms with Crippen LogP contribution in [0.15, 0.2) is 36.9 Å². The highest BCUT2D eigenvalue weighted by Gasteiger charge is 2.15. The van der Waals surface area contributed by atoms with Crippen LogP contribution in [0.25, 0.3) is 0 Å². The molecule has 0 spiro atoms. The molecule has 2 heterocycles. The molecule has 1 N–H and O–H groups in total. The zero-order chi connectivity index (χ0) is 17.3. The number of unbranched alkanes of at least 4 members (excludes halogenated alkanes) is 1. The van der Waals surface area contributed by atoms with Gasteiger partial charge in [-0.3, -0.25) is 4.79 Å². The van der Waals surface area contributed by atoms with Gasteiger partial charge in [-0.2, -0.15) is 5.10 Å². The third kappa shape index (κ3) is 6.40. The molecule has 2 aromatic rings. The van der Waals surface area contributed by atoms with Crippen LogP contribution < -0.4 is 5.32 Å². The summed E-state index contributed by atoms with van der Waals surface area (Å²) in [5.41, 5.74) is 2.29. The van der Waals surface area contributed by atoms with Crippen LogP contribution in [0, 0.1) is 0 Å². The van der Waals surface area contributed by atoms with E-state index in [0.717, 1.165) is 23.7 Å². The molecule has 1 aromatic heterocycles. The topological polar surface area (TPSA) is 59.8 Å². The Morgan fingerprint density at radius 2 is 2.08 bits per heavy atom. The highest BCUT2D eigenvalue weighted by Crippen LogP contribution is 2.39. The smallest absolute Gasteiger partial charge is 0.220 e. The minimum Gasteiger partial charge on any atom is -0.352 e. The van der Waals surface area contributed by atoms with Crippen LogP contribution in [0.3, 0.4) is 0 Å². The van der Waals surface area contributed by atoms with Crippen molar-refractivity contribution in [3.8, 4) is 0 Å². The molecule has 3 rings (SSSR count). The van der Waals surface area contributed by atoms with E-state index in [9.17, 15) is 4.79 Å². The molecule has 134 valence electrons. The molecule has 1 saturated heterocycles. The molecule has 1 amide bonds. The maximum atomic E-state index is 12.0. The number of amides is 1. The van der Waals surface area contributed by atoms with Crippen molar-refractivity contribution < 1.29 is 4.79 Å². The average molecular weight is 377 g/mol. The first-order valence-electron chi connectivity index (χ1n) is 8.75. The number of hydrogen-bond acceptors (Lipinski definition) is 5. The van der Waals surface area contributed by atoms with Crippen molar-refractivity contribution in [1.29, 1.82) is 0 Å². The summed E-state index contributed by atoms with van der Waals surface area (Å²) in [7, 11) is 4.00. The second-order valence-electron chi connectivity index (χ2n) is 6.26. The number of benzene rings is 1. The summed E-state index contributed by atoms with van der Waals surface area (Å²) in [6, 6.07) is 8.25. The first-order chi connectivity index (χ1) is 12.3. The van der Waals surface area contributed by atoms with E-state index < -0.39 is 0 Å². The molecule has 1 aliphatic rings. The molecule has 1 aliphatic heterocycles. The zero-order valence-electron chi connectivity index (χ0n) is 14.3. The van der Waals surface area contributed by atoms with Gasteiger partial charge in [0, 0.05) is 24.0 Å². The Hall–Kier alpha value is -1.47. The summed E-state index contributed by atoms with van der Waals surface area (Å²) in [6.45, 7) is 1.31. The van der Waals surface area contributed by atoms with E-state index in [2.05, 4.69) is 39.7 Å². The lowest BCUT2D eigenvalue weighted by molar-refractivity contribution is -0.121. The number of nitrogens with zero attached hydrogens (tertiary/aromatic N) is 3. The molecule has 0 unspecified atom stereocenters. The Labute approximate surface area is 156 Å². The summed E-state index contributed by atoms with van der Waals surface area (Å²) in [6.07, 6.45) is 8.60. The Morgan fingerprint density at radius 3 is 2.80 bits per heavy atom. The molecule has 25 heavy (non-hydrogen) atoms. The van der Waals surface area contributed by atoms with Crippen LogP contribution in [0.2, 0.25) is 0 Å². The lowest BCUT2D eigenvalue weighted by Crippen LogP contribution is -2.22. The summed E-state index contributed by atoms with van der Waals surface area (Å²) in [5.74, 6) is 1.44. The van der Waals surface area contributed by atoms with Gasteiger partial charge in [-0.15, -0.1) is 0 Å². The van der Waals surface area contributed by atoms with Gasteiger partial charge in [0.25, 0.3) is 0 Å². The predicted octanol–water partition coefficient (Wildman–Crippen LogP) is 3.66. The van der Waals surface area contributed by atoms with Crippen molar-refractivity contribution in [2.45, 2.75) is 50.4 Å². The standard InChI is InChI=1S/C18H24N4OS2/c23-18(4-2-1-3-17-9-10-24-25-17)20-11-15-5-7-16(8-6-15)12-22-14-19-13-21-22/h5-8,13-14,17H,1-4,9-12H2,(H,20,23)/t17-/m0/s1. The normalized spacial score (nSPS) is 16.9.